The molecular formula is C22H22N2O5. The molecule has 1 amide bonds. The van der Waals surface area contributed by atoms with E-state index < -0.39 is 5.97 Å². The molecule has 1 aliphatic carbocycles. The Kier molecular flexibility index (Phi) is 6.69. The highest BCUT2D eigenvalue weighted by molar-refractivity contribution is 6.01. The molecule has 150 valence electrons. The summed E-state index contributed by atoms with van der Waals surface area (Å²) in [4.78, 5) is 24.5. The molecule has 0 spiro atoms. The van der Waals surface area contributed by atoms with Gasteiger partial charge in [-0.15, -0.1) is 0 Å². The van der Waals surface area contributed by atoms with Gasteiger partial charge in [0.25, 0.3) is 5.91 Å². The number of nitrogens with one attached hydrogen (secondary N) is 1. The molecule has 0 aliphatic heterocycles. The van der Waals surface area contributed by atoms with E-state index in [-0.39, 0.29) is 29.0 Å². The van der Waals surface area contributed by atoms with E-state index in [4.69, 9.17) is 13.9 Å². The summed E-state index contributed by atoms with van der Waals surface area (Å²) in [5, 5.41) is 12.3. The maximum Gasteiger partial charge on any atom is 0.379 e. The third-order valence-corrected chi connectivity index (χ3v) is 4.73. The van der Waals surface area contributed by atoms with Gasteiger partial charge in [0, 0.05) is 6.04 Å². The molecule has 1 aliphatic rings. The number of hydrogen-bond acceptors (Lipinski definition) is 6. The first kappa shape index (κ1) is 20.2. The molecule has 29 heavy (non-hydrogen) atoms. The minimum Gasteiger partial charge on any atom is -0.493 e. The zero-order valence-corrected chi connectivity index (χ0v) is 16.1. The lowest BCUT2D eigenvalue weighted by Crippen LogP contribution is -2.36. The molecule has 3 rings (SSSR count). The summed E-state index contributed by atoms with van der Waals surface area (Å²) in [7, 11) is 1.44. The largest absolute Gasteiger partial charge is 0.493 e. The van der Waals surface area contributed by atoms with Gasteiger partial charge < -0.3 is 19.2 Å². The maximum atomic E-state index is 12.4. The first-order valence-corrected chi connectivity index (χ1v) is 9.47. The summed E-state index contributed by atoms with van der Waals surface area (Å²) in [5.41, 5.74) is 0.591. The van der Waals surface area contributed by atoms with Gasteiger partial charge >= 0.3 is 5.97 Å². The normalized spacial score (nSPS) is 14.7. The Bertz CT molecular complexity index is 935. The number of ether oxygens (including phenoxy) is 2. The van der Waals surface area contributed by atoms with E-state index in [1.165, 1.54) is 31.9 Å². The molecule has 7 nitrogen and oxygen atoms in total. The summed E-state index contributed by atoms with van der Waals surface area (Å²) in [6.07, 6.45) is 8.10. The predicted octanol–water partition coefficient (Wildman–Crippen LogP) is 3.86. The van der Waals surface area contributed by atoms with Crippen LogP contribution in [0.5, 0.6) is 11.5 Å². The lowest BCUT2D eigenvalue weighted by molar-refractivity contribution is -0.117. The van der Waals surface area contributed by atoms with Gasteiger partial charge in [-0.2, -0.15) is 5.26 Å². The van der Waals surface area contributed by atoms with E-state index >= 15 is 0 Å². The molecule has 1 aromatic heterocycles. The van der Waals surface area contributed by atoms with Gasteiger partial charge in [-0.3, -0.25) is 4.79 Å². The van der Waals surface area contributed by atoms with E-state index in [9.17, 15) is 14.9 Å². The summed E-state index contributed by atoms with van der Waals surface area (Å²) in [6.45, 7) is 0. The van der Waals surface area contributed by atoms with E-state index in [1.54, 1.807) is 24.3 Å². The Morgan fingerprint density at radius 1 is 1.21 bits per heavy atom. The summed E-state index contributed by atoms with van der Waals surface area (Å²) >= 11 is 0. The fourth-order valence-corrected chi connectivity index (χ4v) is 3.23. The number of methoxy groups -OCH3 is 1. The van der Waals surface area contributed by atoms with Crippen molar-refractivity contribution in [3.63, 3.8) is 0 Å². The number of esters is 1. The first-order chi connectivity index (χ1) is 14.1. The predicted molar refractivity (Wildman–Crippen MR) is 105 cm³/mol. The van der Waals surface area contributed by atoms with Gasteiger partial charge in [0.15, 0.2) is 11.5 Å². The van der Waals surface area contributed by atoms with Crippen molar-refractivity contribution in [3.05, 3.63) is 53.5 Å². The maximum absolute atomic E-state index is 12.4. The molecule has 0 bridgehead atoms. The quantitative estimate of drug-likeness (QED) is 0.345. The smallest absolute Gasteiger partial charge is 0.379 e. The average molecular weight is 394 g/mol. The van der Waals surface area contributed by atoms with Crippen LogP contribution in [0.1, 0.15) is 48.2 Å². The lowest BCUT2D eigenvalue weighted by atomic mass is 9.95. The van der Waals surface area contributed by atoms with Crippen molar-refractivity contribution in [1.29, 1.82) is 5.26 Å². The Labute approximate surface area is 168 Å². The van der Waals surface area contributed by atoms with Gasteiger partial charge in [0.05, 0.1) is 13.4 Å². The fraction of sp³-hybridized carbons (Fsp3) is 0.318. The standard InChI is InChI=1S/C22H22N2O5/c1-27-20-13-15(9-10-18(20)29-22(26)19-8-5-11-28-19)12-16(14-23)21(25)24-17-6-3-2-4-7-17/h5,8-13,17H,2-4,6-7H2,1H3,(H,24,25)/b16-12+. The second-order valence-electron chi connectivity index (χ2n) is 6.76. The van der Waals surface area contributed by atoms with Crippen molar-refractivity contribution in [2.75, 3.05) is 7.11 Å². The zero-order chi connectivity index (χ0) is 20.6. The van der Waals surface area contributed by atoms with Crippen molar-refractivity contribution in [2.24, 2.45) is 0 Å². The number of carbonyl (C=O) groups excluding carboxylic acids is 2. The minimum atomic E-state index is -0.652. The van der Waals surface area contributed by atoms with Gasteiger partial charge in [0.1, 0.15) is 11.6 Å². The van der Waals surface area contributed by atoms with E-state index in [2.05, 4.69) is 5.32 Å². The van der Waals surface area contributed by atoms with Gasteiger partial charge in [-0.25, -0.2) is 4.79 Å². The molecule has 1 saturated carbocycles. The van der Waals surface area contributed by atoms with Crippen LogP contribution < -0.4 is 14.8 Å². The third kappa shape index (κ3) is 5.26. The van der Waals surface area contributed by atoms with Gasteiger partial charge in [-0.1, -0.05) is 25.3 Å². The van der Waals surface area contributed by atoms with Crippen LogP contribution >= 0.6 is 0 Å². The molecule has 0 unspecified atom stereocenters. The molecule has 1 aromatic carbocycles. The lowest BCUT2D eigenvalue weighted by Gasteiger charge is -2.22. The Morgan fingerprint density at radius 2 is 2.00 bits per heavy atom. The first-order valence-electron chi connectivity index (χ1n) is 9.47. The van der Waals surface area contributed by atoms with E-state index in [1.807, 2.05) is 6.07 Å². The van der Waals surface area contributed by atoms with Crippen molar-refractivity contribution in [1.82, 2.24) is 5.32 Å². The molecular weight excluding hydrogens is 372 g/mol. The number of amides is 1. The number of hydrogen-bond donors (Lipinski definition) is 1. The van der Waals surface area contributed by atoms with Crippen LogP contribution in [0.2, 0.25) is 0 Å². The number of rotatable bonds is 6. The number of carbonyl (C=O) groups is 2. The minimum absolute atomic E-state index is 0.0120. The van der Waals surface area contributed by atoms with Gasteiger partial charge in [0.2, 0.25) is 5.76 Å². The molecule has 0 radical (unpaired) electrons. The molecule has 1 heterocycles. The van der Waals surface area contributed by atoms with Crippen molar-refractivity contribution < 1.29 is 23.5 Å². The zero-order valence-electron chi connectivity index (χ0n) is 16.1. The van der Waals surface area contributed by atoms with Crippen molar-refractivity contribution >= 4 is 18.0 Å². The van der Waals surface area contributed by atoms with Crippen molar-refractivity contribution in [2.45, 2.75) is 38.1 Å². The Balaban J connectivity index is 1.74. The molecule has 0 saturated heterocycles. The molecule has 0 atom stereocenters. The SMILES string of the molecule is COc1cc(/C=C(\C#N)C(=O)NC2CCCCC2)ccc1OC(=O)c1ccco1. The van der Waals surface area contributed by atoms with Crippen LogP contribution in [-0.2, 0) is 4.79 Å². The van der Waals surface area contributed by atoms with Crippen LogP contribution in [0.4, 0.5) is 0 Å². The third-order valence-electron chi connectivity index (χ3n) is 4.73. The fourth-order valence-electron chi connectivity index (χ4n) is 3.23. The summed E-state index contributed by atoms with van der Waals surface area (Å²) in [6, 6.07) is 9.92. The second-order valence-corrected chi connectivity index (χ2v) is 6.76. The highest BCUT2D eigenvalue weighted by atomic mass is 16.6. The number of furan rings is 1. The highest BCUT2D eigenvalue weighted by Gasteiger charge is 2.19. The monoisotopic (exact) mass is 394 g/mol. The topological polar surface area (TPSA) is 102 Å². The van der Waals surface area contributed by atoms with Crippen LogP contribution in [0.25, 0.3) is 6.08 Å². The second kappa shape index (κ2) is 9.60. The number of nitriles is 1. The van der Waals surface area contributed by atoms with Crippen molar-refractivity contribution in [3.8, 4) is 17.6 Å². The van der Waals surface area contributed by atoms with Crippen LogP contribution in [0.15, 0.2) is 46.6 Å². The highest BCUT2D eigenvalue weighted by Crippen LogP contribution is 2.30. The Morgan fingerprint density at radius 3 is 2.66 bits per heavy atom. The molecule has 7 heteroatoms. The summed E-state index contributed by atoms with van der Waals surface area (Å²) in [5.74, 6) is -0.463. The number of benzene rings is 1. The van der Waals surface area contributed by atoms with Gasteiger partial charge in [-0.05, 0) is 48.7 Å². The number of nitrogens with zero attached hydrogens (tertiary/aromatic N) is 1. The Hall–Kier alpha value is -3.53. The van der Waals surface area contributed by atoms with E-state index in [0.29, 0.717) is 11.3 Å². The summed E-state index contributed by atoms with van der Waals surface area (Å²) < 4.78 is 15.6. The molecule has 1 fully saturated rings. The van der Waals surface area contributed by atoms with Crippen LogP contribution in [-0.4, -0.2) is 25.0 Å². The average Bonchev–Trinajstić information content (AvgIpc) is 3.28. The molecule has 2 aromatic rings. The van der Waals surface area contributed by atoms with Crippen LogP contribution in [0.3, 0.4) is 0 Å². The molecule has 1 N–H and O–H groups in total. The van der Waals surface area contributed by atoms with Crippen LogP contribution in [0, 0.1) is 11.3 Å². The van der Waals surface area contributed by atoms with E-state index in [0.717, 1.165) is 25.7 Å².